The largest absolute Gasteiger partial charge is 0.497 e. The number of ether oxygens (including phenoxy) is 1. The Labute approximate surface area is 136 Å². The molecule has 118 valence electrons. The zero-order chi connectivity index (χ0) is 15.8. The van der Waals surface area contributed by atoms with E-state index < -0.39 is 0 Å². The molecule has 0 fully saturated rings. The maximum atomic E-state index is 5.22. The summed E-state index contributed by atoms with van der Waals surface area (Å²) in [4.78, 5) is 9.20. The van der Waals surface area contributed by atoms with E-state index in [0.29, 0.717) is 0 Å². The molecule has 0 bridgehead atoms. The molecule has 5 heteroatoms. The molecule has 0 aliphatic rings. The van der Waals surface area contributed by atoms with Crippen molar-refractivity contribution in [3.63, 3.8) is 0 Å². The highest BCUT2D eigenvalue weighted by atomic mass is 28.1. The van der Waals surface area contributed by atoms with Gasteiger partial charge in [0, 0.05) is 36.1 Å². The van der Waals surface area contributed by atoms with Crippen LogP contribution >= 0.6 is 0 Å². The van der Waals surface area contributed by atoms with E-state index in [1.54, 1.807) is 7.11 Å². The number of anilines is 1. The zero-order valence-electron chi connectivity index (χ0n) is 13.7. The van der Waals surface area contributed by atoms with Gasteiger partial charge in [-0.3, -0.25) is 0 Å². The lowest BCUT2D eigenvalue weighted by molar-refractivity contribution is 0.392. The molecule has 1 aromatic carbocycles. The third kappa shape index (κ3) is 4.86. The van der Waals surface area contributed by atoms with E-state index in [9.17, 15) is 0 Å². The predicted octanol–water partition coefficient (Wildman–Crippen LogP) is 1.35. The van der Waals surface area contributed by atoms with Crippen LogP contribution in [0.4, 0.5) is 5.82 Å². The van der Waals surface area contributed by atoms with Gasteiger partial charge in [0.25, 0.3) is 0 Å². The molecule has 2 aromatic rings. The fraction of sp³-hybridized carbons (Fsp3) is 0.353. The first kappa shape index (κ1) is 16.5. The van der Waals surface area contributed by atoms with Gasteiger partial charge in [0.15, 0.2) is 0 Å². The molecule has 0 N–H and O–H groups in total. The highest BCUT2D eigenvalue weighted by Crippen LogP contribution is 2.16. The number of rotatable bonds is 8. The summed E-state index contributed by atoms with van der Waals surface area (Å²) in [6.45, 7) is 2.88. The van der Waals surface area contributed by atoms with Crippen molar-refractivity contribution in [3.8, 4) is 5.75 Å². The molecule has 1 aromatic heterocycles. The van der Waals surface area contributed by atoms with Gasteiger partial charge in [0.2, 0.25) is 0 Å². The number of aromatic nitrogens is 1. The van der Waals surface area contributed by atoms with Crippen LogP contribution in [0.2, 0.25) is 0 Å². The lowest BCUT2D eigenvalue weighted by atomic mass is 10.2. The van der Waals surface area contributed by atoms with Crippen molar-refractivity contribution in [2.75, 3.05) is 38.3 Å². The third-order valence-corrected chi connectivity index (χ3v) is 4.88. The fourth-order valence-electron chi connectivity index (χ4n) is 2.22. The van der Waals surface area contributed by atoms with Crippen molar-refractivity contribution in [1.82, 2.24) is 9.88 Å². The van der Waals surface area contributed by atoms with Gasteiger partial charge in [0.05, 0.1) is 7.11 Å². The van der Waals surface area contributed by atoms with Gasteiger partial charge < -0.3 is 14.5 Å². The van der Waals surface area contributed by atoms with E-state index in [1.165, 1.54) is 22.0 Å². The van der Waals surface area contributed by atoms with Gasteiger partial charge in [-0.25, -0.2) is 4.98 Å². The van der Waals surface area contributed by atoms with Crippen molar-refractivity contribution in [3.05, 3.63) is 54.2 Å². The van der Waals surface area contributed by atoms with E-state index >= 15 is 0 Å². The van der Waals surface area contributed by atoms with Crippen LogP contribution in [0.1, 0.15) is 5.56 Å². The van der Waals surface area contributed by atoms with Gasteiger partial charge in [-0.1, -0.05) is 18.2 Å². The number of hydrogen-bond donors (Lipinski definition) is 0. The van der Waals surface area contributed by atoms with Crippen molar-refractivity contribution in [2.45, 2.75) is 6.54 Å². The van der Waals surface area contributed by atoms with Crippen molar-refractivity contribution >= 4 is 16.1 Å². The van der Waals surface area contributed by atoms with Crippen molar-refractivity contribution < 1.29 is 4.74 Å². The minimum absolute atomic E-state index is 0.857. The molecule has 0 saturated heterocycles. The average Bonchev–Trinajstić information content (AvgIpc) is 2.59. The lowest BCUT2D eigenvalue weighted by Crippen LogP contribution is -2.34. The molecule has 0 unspecified atom stereocenters. The Hall–Kier alpha value is -1.85. The van der Waals surface area contributed by atoms with Crippen LogP contribution in [-0.4, -0.2) is 53.5 Å². The monoisotopic (exact) mass is 315 g/mol. The van der Waals surface area contributed by atoms with Crippen LogP contribution in [0.3, 0.4) is 0 Å². The number of methoxy groups -OCH3 is 1. The first-order chi connectivity index (χ1) is 10.7. The first-order valence-corrected chi connectivity index (χ1v) is 9.11. The molecule has 4 nitrogen and oxygen atoms in total. The Balaban J connectivity index is 2.09. The standard InChI is InChI=1S/C17H25N3OSi/c1-19(14-22)11-12-20(17-5-3-4-10-18-17)13-15-6-8-16(21-2)9-7-15/h3-10H,11-14H2,1-2,22H3. The number of hydrogen-bond acceptors (Lipinski definition) is 4. The van der Waals surface area contributed by atoms with Gasteiger partial charge in [0.1, 0.15) is 11.6 Å². The highest BCUT2D eigenvalue weighted by molar-refractivity contribution is 6.08. The SMILES string of the molecule is COc1ccc(CN(CCN(C)C[SiH3])c2ccccn2)cc1. The summed E-state index contributed by atoms with van der Waals surface area (Å²) < 4.78 is 5.22. The minimum atomic E-state index is 0.857. The zero-order valence-corrected chi connectivity index (χ0v) is 15.7. The summed E-state index contributed by atoms with van der Waals surface area (Å²) in [5, 5.41) is 0. The Morgan fingerprint density at radius 1 is 1.09 bits per heavy atom. The molecule has 0 aliphatic heterocycles. The molecule has 22 heavy (non-hydrogen) atoms. The van der Waals surface area contributed by atoms with Gasteiger partial charge in [-0.2, -0.15) is 0 Å². The summed E-state index contributed by atoms with van der Waals surface area (Å²) in [6, 6.07) is 14.3. The Bertz CT molecular complexity index is 548. The Kier molecular flexibility index (Phi) is 6.42. The molecule has 2 rings (SSSR count). The van der Waals surface area contributed by atoms with Crippen molar-refractivity contribution in [2.24, 2.45) is 0 Å². The predicted molar refractivity (Wildman–Crippen MR) is 95.7 cm³/mol. The quantitative estimate of drug-likeness (QED) is 0.688. The van der Waals surface area contributed by atoms with E-state index in [4.69, 9.17) is 4.74 Å². The van der Waals surface area contributed by atoms with Gasteiger partial charge in [-0.05, 0) is 43.0 Å². The number of likely N-dealkylation sites (N-methyl/N-ethyl adjacent to an activating group) is 1. The van der Waals surface area contributed by atoms with Crippen LogP contribution in [-0.2, 0) is 6.54 Å². The molecule has 0 radical (unpaired) electrons. The molecule has 0 amide bonds. The van der Waals surface area contributed by atoms with Crippen LogP contribution in [0.5, 0.6) is 5.75 Å². The summed E-state index contributed by atoms with van der Waals surface area (Å²) in [5.41, 5.74) is 1.26. The summed E-state index contributed by atoms with van der Waals surface area (Å²) >= 11 is 0. The summed E-state index contributed by atoms with van der Waals surface area (Å²) in [7, 11) is 5.08. The van der Waals surface area contributed by atoms with Crippen LogP contribution in [0.15, 0.2) is 48.7 Å². The maximum absolute atomic E-state index is 5.22. The molecule has 0 atom stereocenters. The topological polar surface area (TPSA) is 28.6 Å². The number of nitrogens with zero attached hydrogens (tertiary/aromatic N) is 3. The van der Waals surface area contributed by atoms with Crippen molar-refractivity contribution in [1.29, 1.82) is 0 Å². The summed E-state index contributed by atoms with van der Waals surface area (Å²) in [5.74, 6) is 1.92. The fourth-order valence-corrected chi connectivity index (χ4v) is 2.53. The molecule has 1 heterocycles. The number of pyridine rings is 1. The van der Waals surface area contributed by atoms with E-state index in [1.807, 2.05) is 30.5 Å². The Morgan fingerprint density at radius 3 is 2.45 bits per heavy atom. The lowest BCUT2D eigenvalue weighted by Gasteiger charge is -2.26. The minimum Gasteiger partial charge on any atom is -0.497 e. The number of benzene rings is 1. The van der Waals surface area contributed by atoms with E-state index in [0.717, 1.165) is 31.2 Å². The van der Waals surface area contributed by atoms with E-state index in [2.05, 4.69) is 40.0 Å². The summed E-state index contributed by atoms with van der Waals surface area (Å²) in [6.07, 6.45) is 3.05. The first-order valence-electron chi connectivity index (χ1n) is 7.70. The second-order valence-electron chi connectivity index (χ2n) is 5.35. The van der Waals surface area contributed by atoms with E-state index in [-0.39, 0.29) is 0 Å². The normalized spacial score (nSPS) is 10.9. The maximum Gasteiger partial charge on any atom is 0.128 e. The smallest absolute Gasteiger partial charge is 0.128 e. The third-order valence-electron chi connectivity index (χ3n) is 3.80. The second-order valence-corrected chi connectivity index (χ2v) is 5.99. The molecule has 0 spiro atoms. The second kappa shape index (κ2) is 8.56. The van der Waals surface area contributed by atoms with Gasteiger partial charge in [-0.15, -0.1) is 0 Å². The van der Waals surface area contributed by atoms with Crippen LogP contribution in [0, 0.1) is 0 Å². The Morgan fingerprint density at radius 2 is 1.86 bits per heavy atom. The average molecular weight is 315 g/mol. The van der Waals surface area contributed by atoms with Crippen LogP contribution < -0.4 is 9.64 Å². The molecular weight excluding hydrogens is 290 g/mol. The van der Waals surface area contributed by atoms with Gasteiger partial charge >= 0.3 is 0 Å². The molecular formula is C17H25N3OSi. The highest BCUT2D eigenvalue weighted by Gasteiger charge is 2.09. The molecule has 0 saturated carbocycles. The van der Waals surface area contributed by atoms with Crippen LogP contribution in [0.25, 0.3) is 0 Å². The molecule has 0 aliphatic carbocycles.